The van der Waals surface area contributed by atoms with E-state index >= 15 is 0 Å². The molecule has 1 aliphatic rings. The summed E-state index contributed by atoms with van der Waals surface area (Å²) in [5.41, 5.74) is 0. The number of aliphatic hydroxyl groups excluding tert-OH is 1. The second-order valence-corrected chi connectivity index (χ2v) is 3.97. The van der Waals surface area contributed by atoms with Crippen LogP contribution < -0.4 is 0 Å². The third-order valence-electron chi connectivity index (χ3n) is 2.49. The third-order valence-corrected chi connectivity index (χ3v) is 2.49. The minimum atomic E-state index is -0.497. The van der Waals surface area contributed by atoms with Gasteiger partial charge in [0.05, 0.1) is 6.61 Å². The van der Waals surface area contributed by atoms with Crippen molar-refractivity contribution < 1.29 is 29.3 Å². The lowest BCUT2D eigenvalue weighted by Crippen LogP contribution is -2.30. The van der Waals surface area contributed by atoms with Crippen molar-refractivity contribution in [3.8, 4) is 0 Å². The lowest BCUT2D eigenvalue weighted by molar-refractivity contribution is -0.275. The number of unbranched alkanes of at least 4 members (excludes halogenated alkanes) is 2. The molecule has 1 rings (SSSR count). The van der Waals surface area contributed by atoms with Crippen LogP contribution in [0.25, 0.3) is 0 Å². The maximum atomic E-state index is 11.2. The first-order valence-corrected chi connectivity index (χ1v) is 6.12. The second kappa shape index (κ2) is 8.39. The molecule has 0 unspecified atom stereocenters. The van der Waals surface area contributed by atoms with Gasteiger partial charge < -0.3 is 5.11 Å². The van der Waals surface area contributed by atoms with Gasteiger partial charge in [-0.3, -0.25) is 19.4 Å². The van der Waals surface area contributed by atoms with Crippen molar-refractivity contribution in [2.75, 3.05) is 19.8 Å². The summed E-state index contributed by atoms with van der Waals surface area (Å²) in [6.07, 6.45) is 4.63. The largest absolute Gasteiger partial charge is 0.394 e. The van der Waals surface area contributed by atoms with Crippen LogP contribution in [0.15, 0.2) is 12.2 Å². The van der Waals surface area contributed by atoms with E-state index in [4.69, 9.17) is 5.11 Å². The van der Waals surface area contributed by atoms with Crippen LogP contribution >= 0.6 is 0 Å². The number of amides is 2. The highest BCUT2D eigenvalue weighted by molar-refractivity contribution is 6.12. The molecule has 0 atom stereocenters. The number of carbonyl (C=O) groups excluding carboxylic acids is 3. The fourth-order valence-corrected chi connectivity index (χ4v) is 1.55. The van der Waals surface area contributed by atoms with Gasteiger partial charge in [0.15, 0.2) is 0 Å². The van der Waals surface area contributed by atoms with Crippen molar-refractivity contribution in [2.45, 2.75) is 25.7 Å². The second-order valence-electron chi connectivity index (χ2n) is 3.97. The Kier molecular flexibility index (Phi) is 6.76. The summed E-state index contributed by atoms with van der Waals surface area (Å²) >= 11 is 0. The summed E-state index contributed by atoms with van der Waals surface area (Å²) in [7, 11) is 0. The number of carbonyl (C=O) groups is 3. The van der Waals surface area contributed by atoms with Gasteiger partial charge in [-0.1, -0.05) is 6.42 Å². The Morgan fingerprint density at radius 3 is 2.47 bits per heavy atom. The van der Waals surface area contributed by atoms with Gasteiger partial charge in [-0.05, 0) is 12.8 Å². The Balaban J connectivity index is 2.01. The van der Waals surface area contributed by atoms with E-state index in [9.17, 15) is 14.4 Å². The molecule has 1 aliphatic heterocycles. The lowest BCUT2D eigenvalue weighted by atomic mass is 10.2. The Morgan fingerprint density at radius 2 is 1.84 bits per heavy atom. The monoisotopic (exact) mass is 271 g/mol. The molecule has 7 nitrogen and oxygen atoms in total. The van der Waals surface area contributed by atoms with Gasteiger partial charge in [0.1, 0.15) is 6.61 Å². The molecule has 0 aromatic rings. The maximum absolute atomic E-state index is 11.2. The highest BCUT2D eigenvalue weighted by Gasteiger charge is 2.22. The Labute approximate surface area is 110 Å². The number of aliphatic hydroxyl groups is 1. The summed E-state index contributed by atoms with van der Waals surface area (Å²) in [6.45, 7) is 0.109. The molecule has 7 heteroatoms. The standard InChI is InChI=1S/C12H17NO6/c14-8-9-18-19-12(17)4-2-1-3-7-13-10(15)5-6-11(13)16/h5-6,14H,1-4,7-9H2. The summed E-state index contributed by atoms with van der Waals surface area (Å²) in [6, 6.07) is 0. The molecule has 2 amide bonds. The topological polar surface area (TPSA) is 93.1 Å². The smallest absolute Gasteiger partial charge is 0.342 e. The van der Waals surface area contributed by atoms with Crippen LogP contribution in [0.4, 0.5) is 0 Å². The Bertz CT molecular complexity index is 347. The van der Waals surface area contributed by atoms with E-state index in [1.807, 2.05) is 0 Å². The lowest BCUT2D eigenvalue weighted by Gasteiger charge is -2.12. The van der Waals surface area contributed by atoms with Gasteiger partial charge in [-0.25, -0.2) is 4.79 Å². The highest BCUT2D eigenvalue weighted by atomic mass is 17.2. The number of hydrogen-bond acceptors (Lipinski definition) is 6. The van der Waals surface area contributed by atoms with E-state index in [0.717, 1.165) is 0 Å². The van der Waals surface area contributed by atoms with Gasteiger partial charge in [-0.2, -0.15) is 4.89 Å². The van der Waals surface area contributed by atoms with Crippen molar-refractivity contribution >= 4 is 17.8 Å². The average Bonchev–Trinajstić information content (AvgIpc) is 2.70. The highest BCUT2D eigenvalue weighted by Crippen LogP contribution is 2.08. The minimum absolute atomic E-state index is 0.0437. The molecule has 19 heavy (non-hydrogen) atoms. The molecule has 1 heterocycles. The normalized spacial score (nSPS) is 14.3. The van der Waals surface area contributed by atoms with E-state index in [-0.39, 0.29) is 31.4 Å². The van der Waals surface area contributed by atoms with Crippen molar-refractivity contribution in [1.82, 2.24) is 4.90 Å². The van der Waals surface area contributed by atoms with Crippen LogP contribution in [-0.4, -0.2) is 47.5 Å². The molecule has 0 bridgehead atoms. The SMILES string of the molecule is O=C(CCCCCN1C(=O)C=CC1=O)OOCCO. The average molecular weight is 271 g/mol. The summed E-state index contributed by atoms with van der Waals surface area (Å²) in [4.78, 5) is 43.4. The zero-order valence-corrected chi connectivity index (χ0v) is 10.5. The molecule has 0 spiro atoms. The van der Waals surface area contributed by atoms with E-state index in [0.29, 0.717) is 25.8 Å². The van der Waals surface area contributed by atoms with Gasteiger partial charge >= 0.3 is 5.97 Å². The quantitative estimate of drug-likeness (QED) is 0.273. The molecular formula is C12H17NO6. The van der Waals surface area contributed by atoms with Gasteiger partial charge in [-0.15, -0.1) is 0 Å². The van der Waals surface area contributed by atoms with Gasteiger partial charge in [0.2, 0.25) is 0 Å². The number of rotatable bonds is 9. The van der Waals surface area contributed by atoms with Gasteiger partial charge in [0.25, 0.3) is 11.8 Å². The minimum Gasteiger partial charge on any atom is -0.394 e. The molecule has 0 radical (unpaired) electrons. The van der Waals surface area contributed by atoms with Crippen LogP contribution in [0.2, 0.25) is 0 Å². The molecule has 0 saturated heterocycles. The van der Waals surface area contributed by atoms with Crippen molar-refractivity contribution in [1.29, 1.82) is 0 Å². The molecule has 0 aromatic carbocycles. The molecule has 1 N–H and O–H groups in total. The number of nitrogens with zero attached hydrogens (tertiary/aromatic N) is 1. The molecular weight excluding hydrogens is 254 g/mol. The summed E-state index contributed by atoms with van der Waals surface area (Å²) in [5.74, 6) is -1.08. The van der Waals surface area contributed by atoms with Crippen molar-refractivity contribution in [3.63, 3.8) is 0 Å². The zero-order chi connectivity index (χ0) is 14.1. The van der Waals surface area contributed by atoms with Crippen molar-refractivity contribution in [3.05, 3.63) is 12.2 Å². The summed E-state index contributed by atoms with van der Waals surface area (Å²) in [5, 5.41) is 8.39. The number of hydrogen-bond donors (Lipinski definition) is 1. The fourth-order valence-electron chi connectivity index (χ4n) is 1.55. The van der Waals surface area contributed by atoms with Crippen LogP contribution in [-0.2, 0) is 24.2 Å². The predicted molar refractivity (Wildman–Crippen MR) is 63.5 cm³/mol. The first-order valence-electron chi connectivity index (χ1n) is 6.12. The Morgan fingerprint density at radius 1 is 1.16 bits per heavy atom. The molecule has 0 saturated carbocycles. The van der Waals surface area contributed by atoms with E-state index < -0.39 is 5.97 Å². The van der Waals surface area contributed by atoms with E-state index in [1.165, 1.54) is 17.1 Å². The molecule has 0 aliphatic carbocycles. The van der Waals surface area contributed by atoms with Crippen LogP contribution in [0.1, 0.15) is 25.7 Å². The molecule has 0 aromatic heterocycles. The fraction of sp³-hybridized carbons (Fsp3) is 0.583. The summed E-state index contributed by atoms with van der Waals surface area (Å²) < 4.78 is 0. The molecule has 0 fully saturated rings. The van der Waals surface area contributed by atoms with Crippen LogP contribution in [0.5, 0.6) is 0 Å². The first kappa shape index (κ1) is 15.3. The molecule has 106 valence electrons. The third kappa shape index (κ3) is 5.62. The van der Waals surface area contributed by atoms with Crippen molar-refractivity contribution in [2.24, 2.45) is 0 Å². The first-order chi connectivity index (χ1) is 9.15. The van der Waals surface area contributed by atoms with E-state index in [1.54, 1.807) is 0 Å². The van der Waals surface area contributed by atoms with Crippen LogP contribution in [0.3, 0.4) is 0 Å². The zero-order valence-electron chi connectivity index (χ0n) is 10.5. The number of imide groups is 1. The van der Waals surface area contributed by atoms with Gasteiger partial charge in [0, 0.05) is 25.1 Å². The Hall–Kier alpha value is -1.73. The van der Waals surface area contributed by atoms with E-state index in [2.05, 4.69) is 9.78 Å². The van der Waals surface area contributed by atoms with Crippen LogP contribution in [0, 0.1) is 0 Å². The maximum Gasteiger partial charge on any atom is 0.342 e. The predicted octanol–water partition coefficient (Wildman–Crippen LogP) is -0.0611.